The second kappa shape index (κ2) is 8.08. The normalized spacial score (nSPS) is 20.0. The number of aliphatic hydroxyl groups is 1. The van der Waals surface area contributed by atoms with Crippen LogP contribution in [0.2, 0.25) is 0 Å². The van der Waals surface area contributed by atoms with Crippen molar-refractivity contribution in [3.8, 4) is 0 Å². The van der Waals surface area contributed by atoms with E-state index < -0.39 is 6.10 Å². The van der Waals surface area contributed by atoms with Gasteiger partial charge >= 0.3 is 0 Å². The lowest BCUT2D eigenvalue weighted by atomic mass is 10.1. The van der Waals surface area contributed by atoms with Crippen LogP contribution in [0.5, 0.6) is 0 Å². The number of hydrogen-bond acceptors (Lipinski definition) is 3. The van der Waals surface area contributed by atoms with Gasteiger partial charge in [-0.2, -0.15) is 0 Å². The van der Waals surface area contributed by atoms with Crippen molar-refractivity contribution in [1.29, 1.82) is 0 Å². The number of carbonyl (C=O) groups excluding carboxylic acids is 1. The van der Waals surface area contributed by atoms with Gasteiger partial charge in [0, 0.05) is 25.7 Å². The SMILES string of the molecule is O=C(CN(CC(O)c1ccc(F)cc1)C1CC1)N1CCCCCC1. The van der Waals surface area contributed by atoms with E-state index in [9.17, 15) is 14.3 Å². The molecule has 1 atom stereocenters. The smallest absolute Gasteiger partial charge is 0.236 e. The number of rotatable bonds is 6. The van der Waals surface area contributed by atoms with Gasteiger partial charge in [-0.05, 0) is 43.4 Å². The molecule has 1 aliphatic heterocycles. The number of likely N-dealkylation sites (tertiary alicyclic amines) is 1. The molecule has 1 amide bonds. The van der Waals surface area contributed by atoms with Crippen molar-refractivity contribution in [1.82, 2.24) is 9.80 Å². The Morgan fingerprint density at radius 3 is 2.38 bits per heavy atom. The Morgan fingerprint density at radius 1 is 1.17 bits per heavy atom. The zero-order chi connectivity index (χ0) is 16.9. The minimum atomic E-state index is -0.692. The predicted molar refractivity (Wildman–Crippen MR) is 91.0 cm³/mol. The number of hydrogen-bond donors (Lipinski definition) is 1. The van der Waals surface area contributed by atoms with E-state index in [1.165, 1.54) is 25.0 Å². The van der Waals surface area contributed by atoms with E-state index in [-0.39, 0.29) is 11.7 Å². The Balaban J connectivity index is 1.58. The fraction of sp³-hybridized carbons (Fsp3) is 0.632. The molecule has 1 aliphatic carbocycles. The molecule has 2 fully saturated rings. The number of halogens is 1. The van der Waals surface area contributed by atoms with Crippen LogP contribution in [-0.4, -0.2) is 53.0 Å². The highest BCUT2D eigenvalue weighted by Gasteiger charge is 2.32. The summed E-state index contributed by atoms with van der Waals surface area (Å²) in [6, 6.07) is 6.35. The third-order valence-electron chi connectivity index (χ3n) is 5.02. The quantitative estimate of drug-likeness (QED) is 0.870. The van der Waals surface area contributed by atoms with E-state index in [0.29, 0.717) is 24.7 Å². The average Bonchev–Trinajstić information content (AvgIpc) is 3.41. The van der Waals surface area contributed by atoms with Crippen LogP contribution in [0.3, 0.4) is 0 Å². The van der Waals surface area contributed by atoms with Crippen LogP contribution < -0.4 is 0 Å². The number of carbonyl (C=O) groups is 1. The molecule has 1 N–H and O–H groups in total. The number of aliphatic hydroxyl groups excluding tert-OH is 1. The van der Waals surface area contributed by atoms with Gasteiger partial charge in [-0.1, -0.05) is 25.0 Å². The van der Waals surface area contributed by atoms with Crippen molar-refractivity contribution < 1.29 is 14.3 Å². The summed E-state index contributed by atoms with van der Waals surface area (Å²) in [5.41, 5.74) is 0.698. The molecule has 1 aromatic rings. The summed E-state index contributed by atoms with van der Waals surface area (Å²) in [7, 11) is 0. The number of amides is 1. The molecule has 1 saturated heterocycles. The van der Waals surface area contributed by atoms with Crippen LogP contribution in [0, 0.1) is 5.82 Å². The van der Waals surface area contributed by atoms with Gasteiger partial charge in [0.2, 0.25) is 5.91 Å². The Hall–Kier alpha value is -1.46. The second-order valence-corrected chi connectivity index (χ2v) is 7.02. The van der Waals surface area contributed by atoms with Gasteiger partial charge in [0.25, 0.3) is 0 Å². The first kappa shape index (κ1) is 17.4. The predicted octanol–water partition coefficient (Wildman–Crippen LogP) is 2.73. The third kappa shape index (κ3) is 4.77. The van der Waals surface area contributed by atoms with Crippen molar-refractivity contribution in [3.05, 3.63) is 35.6 Å². The van der Waals surface area contributed by atoms with Crippen molar-refractivity contribution >= 4 is 5.91 Å². The third-order valence-corrected chi connectivity index (χ3v) is 5.02. The molecule has 3 rings (SSSR count). The fourth-order valence-electron chi connectivity index (χ4n) is 3.39. The lowest BCUT2D eigenvalue weighted by Crippen LogP contribution is -2.43. The molecule has 0 aromatic heterocycles. The van der Waals surface area contributed by atoms with Crippen molar-refractivity contribution in [2.45, 2.75) is 50.7 Å². The van der Waals surface area contributed by atoms with E-state index in [4.69, 9.17) is 0 Å². The monoisotopic (exact) mass is 334 g/mol. The number of benzene rings is 1. The first-order chi connectivity index (χ1) is 11.6. The summed E-state index contributed by atoms with van der Waals surface area (Å²) in [5.74, 6) is -0.128. The van der Waals surface area contributed by atoms with Crippen LogP contribution in [0.1, 0.15) is 50.2 Å². The minimum absolute atomic E-state index is 0.176. The van der Waals surface area contributed by atoms with E-state index in [1.54, 1.807) is 12.1 Å². The summed E-state index contributed by atoms with van der Waals surface area (Å²) in [5, 5.41) is 10.4. The average molecular weight is 334 g/mol. The Kier molecular flexibility index (Phi) is 5.85. The van der Waals surface area contributed by atoms with Gasteiger partial charge in [-0.3, -0.25) is 9.69 Å². The molecule has 1 heterocycles. The summed E-state index contributed by atoms with van der Waals surface area (Å²) in [6.45, 7) is 2.52. The fourth-order valence-corrected chi connectivity index (χ4v) is 3.39. The minimum Gasteiger partial charge on any atom is -0.387 e. The molecule has 24 heavy (non-hydrogen) atoms. The maximum absolute atomic E-state index is 13.0. The van der Waals surface area contributed by atoms with Gasteiger partial charge in [0.1, 0.15) is 5.82 Å². The molecular formula is C19H27FN2O2. The molecule has 4 nitrogen and oxygen atoms in total. The van der Waals surface area contributed by atoms with Crippen molar-refractivity contribution in [2.75, 3.05) is 26.2 Å². The van der Waals surface area contributed by atoms with E-state index in [0.717, 1.165) is 38.8 Å². The summed E-state index contributed by atoms with van der Waals surface area (Å²) >= 11 is 0. The molecule has 1 saturated carbocycles. The van der Waals surface area contributed by atoms with Gasteiger partial charge in [-0.15, -0.1) is 0 Å². The van der Waals surface area contributed by atoms with Gasteiger partial charge in [0.05, 0.1) is 12.6 Å². The molecule has 0 spiro atoms. The molecular weight excluding hydrogens is 307 g/mol. The summed E-state index contributed by atoms with van der Waals surface area (Å²) < 4.78 is 13.0. The van der Waals surface area contributed by atoms with Crippen LogP contribution in [0.4, 0.5) is 4.39 Å². The first-order valence-electron chi connectivity index (χ1n) is 9.09. The number of nitrogens with zero attached hydrogens (tertiary/aromatic N) is 2. The summed E-state index contributed by atoms with van der Waals surface area (Å²) in [6.07, 6.45) is 6.08. The molecule has 2 aliphatic rings. The van der Waals surface area contributed by atoms with Gasteiger partial charge in [0.15, 0.2) is 0 Å². The molecule has 132 valence electrons. The van der Waals surface area contributed by atoms with Crippen molar-refractivity contribution in [3.63, 3.8) is 0 Å². The topological polar surface area (TPSA) is 43.8 Å². The van der Waals surface area contributed by atoms with Crippen LogP contribution in [-0.2, 0) is 4.79 Å². The Bertz CT molecular complexity index is 537. The highest BCUT2D eigenvalue weighted by molar-refractivity contribution is 5.78. The first-order valence-corrected chi connectivity index (χ1v) is 9.09. The van der Waals surface area contributed by atoms with Crippen LogP contribution in [0.25, 0.3) is 0 Å². The highest BCUT2D eigenvalue weighted by atomic mass is 19.1. The molecule has 1 aromatic carbocycles. The van der Waals surface area contributed by atoms with Gasteiger partial charge in [-0.25, -0.2) is 4.39 Å². The molecule has 1 unspecified atom stereocenters. The van der Waals surface area contributed by atoms with Crippen LogP contribution in [0.15, 0.2) is 24.3 Å². The van der Waals surface area contributed by atoms with Crippen molar-refractivity contribution in [2.24, 2.45) is 0 Å². The zero-order valence-electron chi connectivity index (χ0n) is 14.2. The Labute approximate surface area is 143 Å². The maximum atomic E-state index is 13.0. The van der Waals surface area contributed by atoms with Gasteiger partial charge < -0.3 is 10.0 Å². The lowest BCUT2D eigenvalue weighted by molar-refractivity contribution is -0.132. The Morgan fingerprint density at radius 2 is 1.79 bits per heavy atom. The van der Waals surface area contributed by atoms with E-state index in [2.05, 4.69) is 4.90 Å². The lowest BCUT2D eigenvalue weighted by Gasteiger charge is -2.28. The standard InChI is InChI=1S/C19H27FN2O2/c20-16-7-5-15(6-8-16)18(23)13-22(17-9-10-17)14-19(24)21-11-3-1-2-4-12-21/h5-8,17-18,23H,1-4,9-14H2. The van der Waals surface area contributed by atoms with E-state index in [1.807, 2.05) is 4.90 Å². The highest BCUT2D eigenvalue weighted by Crippen LogP contribution is 2.29. The van der Waals surface area contributed by atoms with Crippen LogP contribution >= 0.6 is 0 Å². The molecule has 0 radical (unpaired) electrons. The van der Waals surface area contributed by atoms with E-state index >= 15 is 0 Å². The second-order valence-electron chi connectivity index (χ2n) is 7.02. The summed E-state index contributed by atoms with van der Waals surface area (Å²) in [4.78, 5) is 16.7. The maximum Gasteiger partial charge on any atom is 0.236 e. The molecule has 0 bridgehead atoms. The molecule has 5 heteroatoms. The largest absolute Gasteiger partial charge is 0.387 e. The zero-order valence-corrected chi connectivity index (χ0v) is 14.2.